The van der Waals surface area contributed by atoms with Crippen LogP contribution in [0.1, 0.15) is 42.1 Å². The van der Waals surface area contributed by atoms with E-state index in [2.05, 4.69) is 10.3 Å². The van der Waals surface area contributed by atoms with Crippen molar-refractivity contribution in [3.63, 3.8) is 0 Å². The number of anilines is 1. The van der Waals surface area contributed by atoms with Gasteiger partial charge in [-0.3, -0.25) is 23.9 Å². The predicted molar refractivity (Wildman–Crippen MR) is 160 cm³/mol. The Kier molecular flexibility index (Phi) is 7.58. The van der Waals surface area contributed by atoms with Crippen LogP contribution in [-0.2, 0) is 19.1 Å². The minimum absolute atomic E-state index is 0.0246. The Morgan fingerprint density at radius 3 is 2.44 bits per heavy atom. The largest absolute Gasteiger partial charge is 0.463 e. The fourth-order valence-corrected chi connectivity index (χ4v) is 6.22. The maximum atomic E-state index is 13.9. The molecule has 2 amide bonds. The zero-order valence-electron chi connectivity index (χ0n) is 23.2. The van der Waals surface area contributed by atoms with E-state index in [1.165, 1.54) is 15.5 Å². The number of nitrogens with zero attached hydrogens (tertiary/aromatic N) is 3. The molecule has 1 aromatic heterocycles. The molecular formula is C30H28N4O5S2. The first-order valence-corrected chi connectivity index (χ1v) is 14.3. The van der Waals surface area contributed by atoms with E-state index in [-0.39, 0.29) is 21.8 Å². The summed E-state index contributed by atoms with van der Waals surface area (Å²) in [6.07, 6.45) is 1.35. The monoisotopic (exact) mass is 588 g/mol. The number of thiocarbonyl (C=S) groups is 1. The molecule has 0 radical (unpaired) electrons. The molecule has 5 rings (SSSR count). The standard InChI is InChI=1S/C30H28N4O5S2/c1-6-39-28(38)23-18(5)31-30-34(24(23)19-10-7-15(2)8-11-19)27(37)22(41-30)14-21-25(35)32-29(40)33(26(21)36)20-12-9-16(3)17(4)13-20/h7-14,21,24H,6H2,1-5H3,(H,32,35,40)/b22-14-/t21-,24-/m0/s1. The second-order valence-electron chi connectivity index (χ2n) is 9.95. The van der Waals surface area contributed by atoms with Crippen LogP contribution in [0.5, 0.6) is 0 Å². The fraction of sp³-hybridized carbons (Fsp3) is 0.267. The first-order chi connectivity index (χ1) is 19.5. The molecule has 11 heteroatoms. The maximum Gasteiger partial charge on any atom is 0.338 e. The van der Waals surface area contributed by atoms with Crippen molar-refractivity contribution in [1.82, 2.24) is 9.88 Å². The Hall–Kier alpha value is -4.22. The summed E-state index contributed by atoms with van der Waals surface area (Å²) in [5, 5.41) is 2.57. The Bertz CT molecular complexity index is 1840. The summed E-state index contributed by atoms with van der Waals surface area (Å²) in [7, 11) is 0. The third-order valence-corrected chi connectivity index (χ3v) is 8.46. The van der Waals surface area contributed by atoms with Gasteiger partial charge in [0.05, 0.1) is 34.1 Å². The Morgan fingerprint density at radius 1 is 1.07 bits per heavy atom. The van der Waals surface area contributed by atoms with Crippen LogP contribution in [0, 0.1) is 26.7 Å². The molecule has 0 spiro atoms. The molecular weight excluding hydrogens is 560 g/mol. The van der Waals surface area contributed by atoms with Crippen LogP contribution < -0.4 is 25.1 Å². The van der Waals surface area contributed by atoms with E-state index in [1.807, 2.05) is 57.2 Å². The van der Waals surface area contributed by atoms with E-state index in [4.69, 9.17) is 17.0 Å². The molecule has 1 fully saturated rings. The average Bonchev–Trinajstić information content (AvgIpc) is 3.22. The average molecular weight is 589 g/mol. The SMILES string of the molecule is CCOC(=O)C1=C(C)N=c2s/c(=C\[C@H]3C(=O)NC(=S)N(c4ccc(C)c(C)c4)C3=O)c(=O)n2[C@H]1c1ccc(C)cc1. The van der Waals surface area contributed by atoms with Gasteiger partial charge in [0.1, 0.15) is 5.92 Å². The molecule has 0 aliphatic carbocycles. The van der Waals surface area contributed by atoms with Gasteiger partial charge in [0.15, 0.2) is 9.91 Å². The number of rotatable bonds is 5. The summed E-state index contributed by atoms with van der Waals surface area (Å²) >= 11 is 6.39. The molecule has 2 aliphatic heterocycles. The van der Waals surface area contributed by atoms with Gasteiger partial charge >= 0.3 is 5.97 Å². The van der Waals surface area contributed by atoms with Crippen LogP contribution in [0.25, 0.3) is 6.08 Å². The third kappa shape index (κ3) is 5.07. The smallest absolute Gasteiger partial charge is 0.338 e. The second-order valence-corrected chi connectivity index (χ2v) is 11.3. The Morgan fingerprint density at radius 2 is 1.78 bits per heavy atom. The molecule has 1 saturated heterocycles. The predicted octanol–water partition coefficient (Wildman–Crippen LogP) is 2.74. The number of fused-ring (bicyclic) bond motifs is 1. The van der Waals surface area contributed by atoms with Crippen LogP contribution in [-0.4, -0.2) is 34.1 Å². The second kappa shape index (κ2) is 11.0. The Labute approximate surface area is 245 Å². The fourth-order valence-electron chi connectivity index (χ4n) is 4.87. The van der Waals surface area contributed by atoms with E-state index >= 15 is 0 Å². The van der Waals surface area contributed by atoms with Crippen molar-refractivity contribution in [2.24, 2.45) is 10.9 Å². The number of hydrogen-bond donors (Lipinski definition) is 1. The summed E-state index contributed by atoms with van der Waals surface area (Å²) < 4.78 is 6.91. The van der Waals surface area contributed by atoms with Gasteiger partial charge in [0.2, 0.25) is 11.8 Å². The highest BCUT2D eigenvalue weighted by atomic mass is 32.1. The molecule has 9 nitrogen and oxygen atoms in total. The summed E-state index contributed by atoms with van der Waals surface area (Å²) in [4.78, 5) is 59.8. The summed E-state index contributed by atoms with van der Waals surface area (Å²) in [5.74, 6) is -3.04. The summed E-state index contributed by atoms with van der Waals surface area (Å²) in [5.41, 5.74) is 4.48. The molecule has 0 unspecified atom stereocenters. The van der Waals surface area contributed by atoms with Crippen molar-refractivity contribution in [3.05, 3.63) is 95.7 Å². The molecule has 2 aromatic carbocycles. The number of ether oxygens (including phenoxy) is 1. The summed E-state index contributed by atoms with van der Waals surface area (Å²) in [6, 6.07) is 12.2. The van der Waals surface area contributed by atoms with E-state index in [0.29, 0.717) is 21.7 Å². The zero-order valence-corrected chi connectivity index (χ0v) is 24.8. The number of nitrogens with one attached hydrogen (secondary N) is 1. The molecule has 2 atom stereocenters. The van der Waals surface area contributed by atoms with E-state index in [1.54, 1.807) is 19.9 Å². The van der Waals surface area contributed by atoms with Gasteiger partial charge in [-0.15, -0.1) is 0 Å². The highest BCUT2D eigenvalue weighted by Gasteiger charge is 2.39. The number of hydrogen-bond acceptors (Lipinski definition) is 8. The highest BCUT2D eigenvalue weighted by molar-refractivity contribution is 7.80. The van der Waals surface area contributed by atoms with Crippen LogP contribution >= 0.6 is 23.6 Å². The molecule has 2 aliphatic rings. The first-order valence-electron chi connectivity index (χ1n) is 13.0. The number of aryl methyl sites for hydroxylation is 3. The number of carbonyl (C=O) groups is 3. The maximum absolute atomic E-state index is 13.9. The van der Waals surface area contributed by atoms with Crippen LogP contribution in [0.15, 0.2) is 63.5 Å². The molecule has 3 heterocycles. The molecule has 3 aromatic rings. The van der Waals surface area contributed by atoms with Gasteiger partial charge < -0.3 is 10.1 Å². The van der Waals surface area contributed by atoms with Crippen LogP contribution in [0.2, 0.25) is 0 Å². The van der Waals surface area contributed by atoms with Crippen LogP contribution in [0.4, 0.5) is 5.69 Å². The third-order valence-electron chi connectivity index (χ3n) is 7.18. The van der Waals surface area contributed by atoms with Crippen molar-refractivity contribution in [2.75, 3.05) is 11.5 Å². The van der Waals surface area contributed by atoms with Gasteiger partial charge in [-0.2, -0.15) is 0 Å². The number of allylic oxidation sites excluding steroid dienone is 1. The zero-order chi connectivity index (χ0) is 29.6. The minimum atomic E-state index is -1.30. The number of benzene rings is 2. The van der Waals surface area contributed by atoms with Crippen molar-refractivity contribution < 1.29 is 19.1 Å². The molecule has 210 valence electrons. The van der Waals surface area contributed by atoms with Gasteiger partial charge in [0.25, 0.3) is 5.56 Å². The van der Waals surface area contributed by atoms with Gasteiger partial charge in [0, 0.05) is 0 Å². The van der Waals surface area contributed by atoms with Gasteiger partial charge in [-0.25, -0.2) is 9.79 Å². The topological polar surface area (TPSA) is 110 Å². The van der Waals surface area contributed by atoms with E-state index in [0.717, 1.165) is 28.0 Å². The lowest BCUT2D eigenvalue weighted by molar-refractivity contribution is -0.139. The quantitative estimate of drug-likeness (QED) is 0.279. The first kappa shape index (κ1) is 28.3. The number of thiazole rings is 1. The highest BCUT2D eigenvalue weighted by Crippen LogP contribution is 2.31. The lowest BCUT2D eigenvalue weighted by Gasteiger charge is -2.31. The number of aromatic nitrogens is 1. The van der Waals surface area contributed by atoms with E-state index in [9.17, 15) is 19.2 Å². The van der Waals surface area contributed by atoms with Crippen LogP contribution in [0.3, 0.4) is 0 Å². The molecule has 0 bridgehead atoms. The lowest BCUT2D eigenvalue weighted by Crippen LogP contribution is -2.58. The van der Waals surface area contributed by atoms with Crippen molar-refractivity contribution in [1.29, 1.82) is 0 Å². The van der Waals surface area contributed by atoms with Gasteiger partial charge in [-0.1, -0.05) is 47.2 Å². The van der Waals surface area contributed by atoms with E-state index < -0.39 is 35.3 Å². The van der Waals surface area contributed by atoms with Crippen molar-refractivity contribution >= 4 is 58.2 Å². The van der Waals surface area contributed by atoms with Gasteiger partial charge in [-0.05, 0) is 81.7 Å². The minimum Gasteiger partial charge on any atom is -0.463 e. The van der Waals surface area contributed by atoms with Crippen molar-refractivity contribution in [2.45, 2.75) is 40.7 Å². The normalized spacial score (nSPS) is 19.2. The molecule has 41 heavy (non-hydrogen) atoms. The number of amides is 2. The number of carbonyl (C=O) groups excluding carboxylic acids is 3. The molecule has 1 N–H and O–H groups in total. The Balaban J connectivity index is 1.64. The lowest BCUT2D eigenvalue weighted by atomic mass is 9.95. The summed E-state index contributed by atoms with van der Waals surface area (Å²) in [6.45, 7) is 9.40. The molecule has 0 saturated carbocycles. The number of esters is 1. The van der Waals surface area contributed by atoms with Crippen molar-refractivity contribution in [3.8, 4) is 0 Å².